The number of benzene rings is 2. The number of anilines is 1. The normalized spacial score (nSPS) is 11.3. The molecule has 0 spiro atoms. The number of hydrogen-bond donors (Lipinski definition) is 1. The first-order valence-electron chi connectivity index (χ1n) is 8.59. The van der Waals surface area contributed by atoms with Crippen LogP contribution in [0.15, 0.2) is 53.1 Å². The predicted molar refractivity (Wildman–Crippen MR) is 112 cm³/mol. The Morgan fingerprint density at radius 3 is 2.45 bits per heavy atom. The largest absolute Gasteiger partial charge is 0.454 e. The fraction of sp³-hybridized carbons (Fsp3) is 0.150. The molecule has 29 heavy (non-hydrogen) atoms. The van der Waals surface area contributed by atoms with Gasteiger partial charge in [-0.05, 0) is 77.8 Å². The van der Waals surface area contributed by atoms with Gasteiger partial charge in [-0.25, -0.2) is 22.2 Å². The van der Waals surface area contributed by atoms with Crippen molar-refractivity contribution in [3.63, 3.8) is 0 Å². The quantitative estimate of drug-likeness (QED) is 0.460. The van der Waals surface area contributed by atoms with Crippen molar-refractivity contribution in [2.45, 2.75) is 13.8 Å². The molecule has 2 aromatic carbocycles. The van der Waals surface area contributed by atoms with Gasteiger partial charge in [0.1, 0.15) is 16.2 Å². The van der Waals surface area contributed by atoms with Crippen LogP contribution in [0.2, 0.25) is 0 Å². The third-order valence-electron chi connectivity index (χ3n) is 3.98. The number of sulfonamides is 1. The van der Waals surface area contributed by atoms with Gasteiger partial charge in [-0.3, -0.25) is 4.72 Å². The van der Waals surface area contributed by atoms with Crippen molar-refractivity contribution < 1.29 is 21.9 Å². The highest BCUT2D eigenvalue weighted by Crippen LogP contribution is 2.37. The molecule has 0 radical (unpaired) electrons. The second kappa shape index (κ2) is 8.46. The molecule has 0 unspecified atom stereocenters. The van der Waals surface area contributed by atoms with Gasteiger partial charge in [-0.1, -0.05) is 0 Å². The average Bonchev–Trinajstić information content (AvgIpc) is 2.64. The maximum absolute atomic E-state index is 14.1. The van der Waals surface area contributed by atoms with E-state index in [-0.39, 0.29) is 17.3 Å². The van der Waals surface area contributed by atoms with Crippen molar-refractivity contribution in [2.24, 2.45) is 0 Å². The lowest BCUT2D eigenvalue weighted by Gasteiger charge is -2.15. The maximum Gasteiger partial charge on any atom is 0.232 e. The van der Waals surface area contributed by atoms with Gasteiger partial charge in [0, 0.05) is 23.0 Å². The Labute approximate surface area is 175 Å². The Balaban J connectivity index is 2.11. The van der Waals surface area contributed by atoms with Gasteiger partial charge in [0.25, 0.3) is 0 Å². The van der Waals surface area contributed by atoms with Crippen LogP contribution in [0.4, 0.5) is 14.5 Å². The van der Waals surface area contributed by atoms with Gasteiger partial charge < -0.3 is 4.74 Å². The van der Waals surface area contributed by atoms with Crippen molar-refractivity contribution in [2.75, 3.05) is 10.5 Å². The molecule has 0 saturated carbocycles. The highest BCUT2D eigenvalue weighted by atomic mass is 79.9. The fourth-order valence-corrected chi connectivity index (χ4v) is 3.78. The SMILES string of the molecule is CCS(=O)(=O)Nc1ccc(Oc2ccc(F)cc2F)c(-c2cc(C)nc(Br)c2)c1. The monoisotopic (exact) mass is 482 g/mol. The van der Waals surface area contributed by atoms with E-state index in [0.717, 1.165) is 12.1 Å². The molecule has 0 aliphatic heterocycles. The van der Waals surface area contributed by atoms with E-state index in [1.54, 1.807) is 25.1 Å². The third-order valence-corrected chi connectivity index (χ3v) is 5.69. The molecule has 1 N–H and O–H groups in total. The Morgan fingerprint density at radius 1 is 1.07 bits per heavy atom. The molecule has 0 bridgehead atoms. The molecule has 0 aliphatic carbocycles. The summed E-state index contributed by atoms with van der Waals surface area (Å²) in [5, 5.41) is 0. The molecule has 0 fully saturated rings. The molecule has 1 heterocycles. The summed E-state index contributed by atoms with van der Waals surface area (Å²) in [6, 6.07) is 11.1. The zero-order chi connectivity index (χ0) is 21.2. The maximum atomic E-state index is 14.1. The summed E-state index contributed by atoms with van der Waals surface area (Å²) in [5.74, 6) is -1.53. The first-order chi connectivity index (χ1) is 13.7. The molecular weight excluding hydrogens is 466 g/mol. The summed E-state index contributed by atoms with van der Waals surface area (Å²) in [7, 11) is -3.49. The fourth-order valence-electron chi connectivity index (χ4n) is 2.62. The van der Waals surface area contributed by atoms with Crippen molar-refractivity contribution in [1.29, 1.82) is 0 Å². The predicted octanol–water partition coefficient (Wildman–Crippen LogP) is 5.65. The lowest BCUT2D eigenvalue weighted by atomic mass is 10.0. The zero-order valence-electron chi connectivity index (χ0n) is 15.5. The Hall–Kier alpha value is -2.52. The number of nitrogens with zero attached hydrogens (tertiary/aromatic N) is 1. The smallest absolute Gasteiger partial charge is 0.232 e. The van der Waals surface area contributed by atoms with Crippen molar-refractivity contribution in [1.82, 2.24) is 4.98 Å². The minimum Gasteiger partial charge on any atom is -0.454 e. The van der Waals surface area contributed by atoms with Gasteiger partial charge >= 0.3 is 0 Å². The number of ether oxygens (including phenoxy) is 1. The number of aryl methyl sites for hydroxylation is 1. The lowest BCUT2D eigenvalue weighted by molar-refractivity contribution is 0.439. The molecule has 152 valence electrons. The van der Waals surface area contributed by atoms with Crippen LogP contribution in [0.1, 0.15) is 12.6 Å². The number of hydrogen-bond acceptors (Lipinski definition) is 4. The molecule has 0 atom stereocenters. The van der Waals surface area contributed by atoms with Crippen LogP contribution in [0.25, 0.3) is 11.1 Å². The molecule has 1 aromatic heterocycles. The summed E-state index contributed by atoms with van der Waals surface area (Å²) in [6.07, 6.45) is 0. The molecule has 3 aromatic rings. The number of halogens is 3. The van der Waals surface area contributed by atoms with Crippen LogP contribution in [-0.4, -0.2) is 19.2 Å². The highest BCUT2D eigenvalue weighted by Gasteiger charge is 2.15. The number of rotatable bonds is 6. The Morgan fingerprint density at radius 2 is 1.79 bits per heavy atom. The molecule has 3 rings (SSSR count). The van der Waals surface area contributed by atoms with E-state index in [2.05, 4.69) is 25.6 Å². The molecule has 0 amide bonds. The molecular formula is C20H17BrF2N2O3S. The summed E-state index contributed by atoms with van der Waals surface area (Å²) in [4.78, 5) is 4.26. The van der Waals surface area contributed by atoms with Gasteiger partial charge in [-0.2, -0.15) is 0 Å². The summed E-state index contributed by atoms with van der Waals surface area (Å²) < 4.78 is 59.9. The van der Waals surface area contributed by atoms with Gasteiger partial charge in [-0.15, -0.1) is 0 Å². The third kappa shape index (κ3) is 5.30. The van der Waals surface area contributed by atoms with Crippen LogP contribution in [-0.2, 0) is 10.0 Å². The standard InChI is InChI=1S/C20H17BrF2N2O3S/c1-3-29(26,27)25-15-5-7-18(28-19-6-4-14(22)10-17(19)23)16(11-15)13-8-12(2)24-20(21)9-13/h4-11,25H,3H2,1-2H3. The number of nitrogens with one attached hydrogen (secondary N) is 1. The van der Waals surface area contributed by atoms with Crippen molar-refractivity contribution in [3.8, 4) is 22.6 Å². The van der Waals surface area contributed by atoms with Crippen LogP contribution < -0.4 is 9.46 Å². The van der Waals surface area contributed by atoms with E-state index < -0.39 is 21.7 Å². The minimum atomic E-state index is -3.49. The van der Waals surface area contributed by atoms with Crippen LogP contribution >= 0.6 is 15.9 Å². The second-order valence-electron chi connectivity index (χ2n) is 6.21. The Kier molecular flexibility index (Phi) is 6.18. The average molecular weight is 483 g/mol. The zero-order valence-corrected chi connectivity index (χ0v) is 17.9. The summed E-state index contributed by atoms with van der Waals surface area (Å²) >= 11 is 3.33. The number of aromatic nitrogens is 1. The van der Waals surface area contributed by atoms with Crippen molar-refractivity contribution in [3.05, 3.63) is 70.5 Å². The lowest BCUT2D eigenvalue weighted by Crippen LogP contribution is -2.14. The second-order valence-corrected chi connectivity index (χ2v) is 9.04. The molecule has 0 aliphatic rings. The van der Waals surface area contributed by atoms with E-state index >= 15 is 0 Å². The van der Waals surface area contributed by atoms with E-state index in [1.165, 1.54) is 25.1 Å². The summed E-state index contributed by atoms with van der Waals surface area (Å²) in [6.45, 7) is 3.33. The van der Waals surface area contributed by atoms with Crippen LogP contribution in [0.3, 0.4) is 0 Å². The Bertz CT molecular complexity index is 1150. The van der Waals surface area contributed by atoms with Crippen LogP contribution in [0.5, 0.6) is 11.5 Å². The van der Waals surface area contributed by atoms with Gasteiger partial charge in [0.05, 0.1) is 5.75 Å². The van der Waals surface area contributed by atoms with E-state index in [4.69, 9.17) is 4.74 Å². The molecule has 9 heteroatoms. The summed E-state index contributed by atoms with van der Waals surface area (Å²) in [5.41, 5.74) is 2.24. The first-order valence-corrected chi connectivity index (χ1v) is 11.0. The first kappa shape index (κ1) is 21.2. The van der Waals surface area contributed by atoms with E-state index in [9.17, 15) is 17.2 Å². The topological polar surface area (TPSA) is 68.3 Å². The van der Waals surface area contributed by atoms with Crippen molar-refractivity contribution >= 4 is 31.6 Å². The number of pyridine rings is 1. The van der Waals surface area contributed by atoms with Gasteiger partial charge in [0.2, 0.25) is 10.0 Å². The van der Waals surface area contributed by atoms with Gasteiger partial charge in [0.15, 0.2) is 11.6 Å². The molecule has 0 saturated heterocycles. The van der Waals surface area contributed by atoms with Crippen LogP contribution in [0, 0.1) is 18.6 Å². The van der Waals surface area contributed by atoms with E-state index in [1.807, 2.05) is 0 Å². The van der Waals surface area contributed by atoms with E-state index in [0.29, 0.717) is 27.1 Å². The minimum absolute atomic E-state index is 0.0821. The highest BCUT2D eigenvalue weighted by molar-refractivity contribution is 9.10. The molecule has 5 nitrogen and oxygen atoms in total.